The van der Waals surface area contributed by atoms with Gasteiger partial charge in [-0.2, -0.15) is 0 Å². The van der Waals surface area contributed by atoms with Crippen LogP contribution in [0.25, 0.3) is 0 Å². The number of rotatable bonds is 56. The van der Waals surface area contributed by atoms with Gasteiger partial charge in [-0.05, 0) is 51.4 Å². The van der Waals surface area contributed by atoms with E-state index in [4.69, 9.17) is 0 Å². The fraction of sp³-hybridized carbons (Fsp3) is 0.938. The monoisotopic (exact) mass is 1080 g/mol. The fourth-order valence-corrected chi connectivity index (χ4v) is 9.15. The second kappa shape index (κ2) is 81.7. The summed E-state index contributed by atoms with van der Waals surface area (Å²) >= 11 is 0. The molecule has 0 N–H and O–H groups in total. The summed E-state index contributed by atoms with van der Waals surface area (Å²) in [6, 6.07) is 0. The van der Waals surface area contributed by atoms with Gasteiger partial charge in [0.2, 0.25) is 0 Å². The predicted molar refractivity (Wildman–Crippen MR) is 313 cm³/mol. The summed E-state index contributed by atoms with van der Waals surface area (Å²) in [6.45, 7) is 9.03. The van der Waals surface area contributed by atoms with E-state index in [1.807, 2.05) is 0 Å². The molecular weight excluding hydrogens is 961 g/mol. The van der Waals surface area contributed by atoms with Gasteiger partial charge in [0.05, 0.1) is 0 Å². The SMILES string of the molecule is CCCCCCCCCCCCCCCC(=O)[O-].CCCCCCCCCCCCCCCC(=O)[O-].CCCCCCCCCCCCCCCC(=O)[O-].CCCCCCCCCCCCCCCC(=O)[O-].[Ca+2].[Mg+2]. The first-order valence-electron chi connectivity index (χ1n) is 31.9. The minimum atomic E-state index is -0.905. The molecule has 0 amide bonds. The van der Waals surface area contributed by atoms with Gasteiger partial charge in [0, 0.05) is 23.9 Å². The van der Waals surface area contributed by atoms with Crippen LogP contribution in [0.2, 0.25) is 0 Å². The van der Waals surface area contributed by atoms with Crippen LogP contribution < -0.4 is 20.4 Å². The number of hydrogen-bond donors (Lipinski definition) is 0. The van der Waals surface area contributed by atoms with E-state index in [0.29, 0.717) is 0 Å². The number of carboxylic acid groups (broad SMARTS) is 4. The van der Waals surface area contributed by atoms with Crippen molar-refractivity contribution in [2.24, 2.45) is 0 Å². The molecule has 0 bridgehead atoms. The molecule has 74 heavy (non-hydrogen) atoms. The molecule has 0 aromatic rings. The molecule has 8 nitrogen and oxygen atoms in total. The molecule has 0 aliphatic carbocycles. The smallest absolute Gasteiger partial charge is 0.550 e. The van der Waals surface area contributed by atoms with E-state index in [9.17, 15) is 39.6 Å². The van der Waals surface area contributed by atoms with Gasteiger partial charge in [0.25, 0.3) is 0 Å². The van der Waals surface area contributed by atoms with E-state index < -0.39 is 23.9 Å². The second-order valence-electron chi connectivity index (χ2n) is 21.5. The average molecular weight is 1090 g/mol. The van der Waals surface area contributed by atoms with Crippen LogP contribution in [0.1, 0.15) is 387 Å². The van der Waals surface area contributed by atoms with Gasteiger partial charge in [-0.1, -0.05) is 336 Å². The van der Waals surface area contributed by atoms with E-state index in [1.165, 1.54) is 283 Å². The Morgan fingerprint density at radius 3 is 0.351 bits per heavy atom. The third-order valence-electron chi connectivity index (χ3n) is 13.9. The Morgan fingerprint density at radius 2 is 0.270 bits per heavy atom. The molecular formula is C64H124CaMgO8. The molecule has 0 atom stereocenters. The van der Waals surface area contributed by atoms with E-state index in [-0.39, 0.29) is 86.5 Å². The Balaban J connectivity index is -0.000000206. The molecule has 0 spiro atoms. The minimum Gasteiger partial charge on any atom is -0.550 e. The molecule has 0 aromatic heterocycles. The van der Waals surface area contributed by atoms with E-state index in [2.05, 4.69) is 27.7 Å². The quantitative estimate of drug-likeness (QED) is 0.0430. The van der Waals surface area contributed by atoms with E-state index in [0.717, 1.165) is 51.4 Å². The maximum Gasteiger partial charge on any atom is 2.00 e. The number of carbonyl (C=O) groups is 4. The molecule has 432 valence electrons. The van der Waals surface area contributed by atoms with Crippen molar-refractivity contribution >= 4 is 84.7 Å². The molecule has 0 saturated carbocycles. The van der Waals surface area contributed by atoms with Crippen LogP contribution in [0, 0.1) is 0 Å². The van der Waals surface area contributed by atoms with Gasteiger partial charge in [-0.3, -0.25) is 0 Å². The van der Waals surface area contributed by atoms with Gasteiger partial charge in [-0.25, -0.2) is 0 Å². The zero-order valence-corrected chi connectivity index (χ0v) is 53.9. The van der Waals surface area contributed by atoms with E-state index in [1.54, 1.807) is 0 Å². The summed E-state index contributed by atoms with van der Waals surface area (Å²) in [5.74, 6) is -3.62. The second-order valence-corrected chi connectivity index (χ2v) is 21.5. The molecule has 0 rings (SSSR count). The number of unbranched alkanes of at least 4 members (excludes halogenated alkanes) is 48. The molecule has 0 fully saturated rings. The van der Waals surface area contributed by atoms with Crippen molar-refractivity contribution in [1.82, 2.24) is 0 Å². The number of hydrogen-bond acceptors (Lipinski definition) is 8. The van der Waals surface area contributed by atoms with Crippen LogP contribution in [0.3, 0.4) is 0 Å². The molecule has 0 aliphatic rings. The summed E-state index contributed by atoms with van der Waals surface area (Å²) in [6.07, 6.45) is 67.7. The molecule has 0 heterocycles. The van der Waals surface area contributed by atoms with Gasteiger partial charge in [-0.15, -0.1) is 0 Å². The number of carboxylic acids is 4. The van der Waals surface area contributed by atoms with Crippen LogP contribution in [-0.2, 0) is 19.2 Å². The Bertz CT molecular complexity index is 887. The average Bonchev–Trinajstić information content (AvgIpc) is 3.35. The summed E-state index contributed by atoms with van der Waals surface area (Å²) in [5.41, 5.74) is 0. The van der Waals surface area contributed by atoms with Crippen LogP contribution >= 0.6 is 0 Å². The Morgan fingerprint density at radius 1 is 0.189 bits per heavy atom. The summed E-state index contributed by atoms with van der Waals surface area (Å²) in [7, 11) is 0. The Kier molecular flexibility index (Phi) is 94.1. The summed E-state index contributed by atoms with van der Waals surface area (Å²) < 4.78 is 0. The first-order valence-corrected chi connectivity index (χ1v) is 31.9. The molecule has 10 heteroatoms. The maximum atomic E-state index is 10.2. The first-order chi connectivity index (χ1) is 35.1. The van der Waals surface area contributed by atoms with Crippen molar-refractivity contribution in [3.63, 3.8) is 0 Å². The Labute approximate surface area is 507 Å². The van der Waals surface area contributed by atoms with Crippen LogP contribution in [-0.4, -0.2) is 84.7 Å². The van der Waals surface area contributed by atoms with Gasteiger partial charge >= 0.3 is 60.8 Å². The normalized spacial score (nSPS) is 10.4. The zero-order chi connectivity index (χ0) is 53.9. The molecule has 0 unspecified atom stereocenters. The largest absolute Gasteiger partial charge is 2.00 e. The zero-order valence-electron chi connectivity index (χ0n) is 50.3. The number of aliphatic carboxylic acids is 4. The predicted octanol–water partition coefficient (Wildman–Crippen LogP) is 16.1. The van der Waals surface area contributed by atoms with Crippen LogP contribution in [0.5, 0.6) is 0 Å². The molecule has 0 aromatic carbocycles. The van der Waals surface area contributed by atoms with E-state index >= 15 is 0 Å². The maximum absolute atomic E-state index is 10.2. The third kappa shape index (κ3) is 101. The molecule has 0 saturated heterocycles. The van der Waals surface area contributed by atoms with Gasteiger partial charge in [0.1, 0.15) is 0 Å². The minimum absolute atomic E-state index is 0. The molecule has 0 radical (unpaired) electrons. The topological polar surface area (TPSA) is 161 Å². The summed E-state index contributed by atoms with van der Waals surface area (Å²) in [5, 5.41) is 40.8. The van der Waals surface area contributed by atoms with Crippen LogP contribution in [0.4, 0.5) is 0 Å². The summed E-state index contributed by atoms with van der Waals surface area (Å²) in [4.78, 5) is 40.8. The molecule has 0 aliphatic heterocycles. The van der Waals surface area contributed by atoms with Crippen molar-refractivity contribution in [2.45, 2.75) is 387 Å². The van der Waals surface area contributed by atoms with Crippen molar-refractivity contribution in [2.75, 3.05) is 0 Å². The van der Waals surface area contributed by atoms with Gasteiger partial charge in [0.15, 0.2) is 0 Å². The third-order valence-corrected chi connectivity index (χ3v) is 13.9. The van der Waals surface area contributed by atoms with Crippen molar-refractivity contribution in [3.05, 3.63) is 0 Å². The standard InChI is InChI=1S/4C16H32O2.Ca.Mg/c4*1-2-3-4-5-6-7-8-9-10-11-12-13-14-15-16(17)18;;/h4*2-15H2,1H3,(H,17,18);;/q;;;;2*+2/p-4. The van der Waals surface area contributed by atoms with Crippen molar-refractivity contribution in [1.29, 1.82) is 0 Å². The fourth-order valence-electron chi connectivity index (χ4n) is 9.15. The first kappa shape index (κ1) is 85.2. The van der Waals surface area contributed by atoms with Crippen molar-refractivity contribution in [3.8, 4) is 0 Å². The Hall–Kier alpha value is -0.0940. The van der Waals surface area contributed by atoms with Crippen molar-refractivity contribution < 1.29 is 39.6 Å². The van der Waals surface area contributed by atoms with Crippen LogP contribution in [0.15, 0.2) is 0 Å². The number of carbonyl (C=O) groups excluding carboxylic acids is 4. The van der Waals surface area contributed by atoms with Gasteiger partial charge < -0.3 is 39.6 Å².